The first kappa shape index (κ1) is 11.7. The fraction of sp³-hybridized carbons (Fsp3) is 0.417. The molecule has 1 aliphatic heterocycles. The predicted molar refractivity (Wildman–Crippen MR) is 75.4 cm³/mol. The largest absolute Gasteiger partial charge is 0.360 e. The maximum absolute atomic E-state index is 5.43. The molecule has 86 valence electrons. The van der Waals surface area contributed by atoms with Gasteiger partial charge in [-0.1, -0.05) is 12.1 Å². The monoisotopic (exact) mass is 252 g/mol. The van der Waals surface area contributed by atoms with Crippen LogP contribution in [0.5, 0.6) is 0 Å². The highest BCUT2D eigenvalue weighted by atomic mass is 32.2. The van der Waals surface area contributed by atoms with Crippen LogP contribution < -0.4 is 10.2 Å². The predicted octanol–water partition coefficient (Wildman–Crippen LogP) is 2.88. The number of nitrogens with one attached hydrogen (secondary N) is 1. The first-order chi connectivity index (χ1) is 7.68. The van der Waals surface area contributed by atoms with Crippen molar-refractivity contribution in [2.45, 2.75) is 24.8 Å². The molecular weight excluding hydrogens is 236 g/mol. The average molecular weight is 252 g/mol. The topological polar surface area (TPSA) is 15.3 Å². The van der Waals surface area contributed by atoms with E-state index in [2.05, 4.69) is 48.3 Å². The van der Waals surface area contributed by atoms with Gasteiger partial charge in [0.05, 0.1) is 5.69 Å². The second-order valence-electron chi connectivity index (χ2n) is 4.07. The molecule has 0 aromatic heterocycles. The van der Waals surface area contributed by atoms with E-state index < -0.39 is 0 Å². The van der Waals surface area contributed by atoms with E-state index in [1.165, 1.54) is 10.6 Å². The van der Waals surface area contributed by atoms with Crippen molar-refractivity contribution in [2.24, 2.45) is 0 Å². The van der Waals surface area contributed by atoms with Gasteiger partial charge in [0.15, 0.2) is 5.11 Å². The standard InChI is InChI=1S/C12H16N2S2/c1-9(2)13-12(15)14-7-8-16-11-6-4-3-5-10(11)14/h3-6,9H,7-8H2,1-2H3,(H,13,15). The molecule has 1 aliphatic rings. The van der Waals surface area contributed by atoms with E-state index in [0.717, 1.165) is 17.4 Å². The SMILES string of the molecule is CC(C)NC(=S)N1CCSc2ccccc21. The van der Waals surface area contributed by atoms with Gasteiger partial charge in [-0.3, -0.25) is 0 Å². The Labute approximate surface area is 106 Å². The summed E-state index contributed by atoms with van der Waals surface area (Å²) in [5.74, 6) is 1.09. The molecule has 0 fully saturated rings. The van der Waals surface area contributed by atoms with E-state index in [-0.39, 0.29) is 0 Å². The summed E-state index contributed by atoms with van der Waals surface area (Å²) in [7, 11) is 0. The summed E-state index contributed by atoms with van der Waals surface area (Å²) in [6, 6.07) is 8.82. The number of para-hydroxylation sites is 1. The fourth-order valence-electron chi connectivity index (χ4n) is 1.71. The molecule has 1 heterocycles. The van der Waals surface area contributed by atoms with Gasteiger partial charge in [-0.05, 0) is 38.2 Å². The van der Waals surface area contributed by atoms with E-state index in [0.29, 0.717) is 6.04 Å². The van der Waals surface area contributed by atoms with Crippen LogP contribution >= 0.6 is 24.0 Å². The highest BCUT2D eigenvalue weighted by molar-refractivity contribution is 7.99. The van der Waals surface area contributed by atoms with Gasteiger partial charge < -0.3 is 10.2 Å². The van der Waals surface area contributed by atoms with Gasteiger partial charge in [-0.25, -0.2) is 0 Å². The first-order valence-electron chi connectivity index (χ1n) is 5.48. The van der Waals surface area contributed by atoms with Crippen molar-refractivity contribution in [2.75, 3.05) is 17.2 Å². The van der Waals surface area contributed by atoms with E-state index in [1.807, 2.05) is 11.8 Å². The van der Waals surface area contributed by atoms with Crippen LogP contribution in [0.1, 0.15) is 13.8 Å². The third-order valence-corrected chi connectivity index (χ3v) is 3.77. The smallest absolute Gasteiger partial charge is 0.173 e. The van der Waals surface area contributed by atoms with Crippen LogP contribution in [0.15, 0.2) is 29.2 Å². The molecule has 0 radical (unpaired) electrons. The lowest BCUT2D eigenvalue weighted by Gasteiger charge is -2.32. The van der Waals surface area contributed by atoms with Crippen LogP contribution in [0, 0.1) is 0 Å². The lowest BCUT2D eigenvalue weighted by molar-refractivity contribution is 0.727. The number of thiocarbonyl (C=S) groups is 1. The van der Waals surface area contributed by atoms with Gasteiger partial charge in [-0.2, -0.15) is 0 Å². The Morgan fingerprint density at radius 3 is 2.94 bits per heavy atom. The minimum absolute atomic E-state index is 0.384. The summed E-state index contributed by atoms with van der Waals surface area (Å²) in [4.78, 5) is 3.52. The summed E-state index contributed by atoms with van der Waals surface area (Å²) >= 11 is 7.33. The molecule has 4 heteroatoms. The Hall–Kier alpha value is -0.740. The summed E-state index contributed by atoms with van der Waals surface area (Å²) in [6.45, 7) is 5.20. The number of hydrogen-bond acceptors (Lipinski definition) is 2. The number of anilines is 1. The van der Waals surface area contributed by atoms with Crippen molar-refractivity contribution in [3.05, 3.63) is 24.3 Å². The molecule has 0 spiro atoms. The van der Waals surface area contributed by atoms with Crippen LogP contribution in [0.2, 0.25) is 0 Å². The zero-order chi connectivity index (χ0) is 11.5. The molecule has 1 aromatic carbocycles. The Morgan fingerprint density at radius 2 is 2.19 bits per heavy atom. The molecule has 0 aliphatic carbocycles. The molecule has 0 saturated heterocycles. The van der Waals surface area contributed by atoms with Crippen molar-refractivity contribution in [3.8, 4) is 0 Å². The summed E-state index contributed by atoms with van der Waals surface area (Å²) in [5.41, 5.74) is 1.23. The van der Waals surface area contributed by atoms with Crippen LogP contribution in [0.4, 0.5) is 5.69 Å². The van der Waals surface area contributed by atoms with E-state index in [9.17, 15) is 0 Å². The Balaban J connectivity index is 2.21. The van der Waals surface area contributed by atoms with Gasteiger partial charge in [0, 0.05) is 23.2 Å². The number of benzene rings is 1. The van der Waals surface area contributed by atoms with Crippen LogP contribution in [-0.2, 0) is 0 Å². The van der Waals surface area contributed by atoms with E-state index in [1.54, 1.807) is 0 Å². The Bertz CT molecular complexity index is 390. The van der Waals surface area contributed by atoms with Gasteiger partial charge >= 0.3 is 0 Å². The fourth-order valence-corrected chi connectivity index (χ4v) is 3.13. The average Bonchev–Trinajstić information content (AvgIpc) is 2.27. The quantitative estimate of drug-likeness (QED) is 0.773. The van der Waals surface area contributed by atoms with Crippen molar-refractivity contribution >= 4 is 34.8 Å². The Morgan fingerprint density at radius 1 is 1.44 bits per heavy atom. The van der Waals surface area contributed by atoms with Crippen molar-refractivity contribution < 1.29 is 0 Å². The number of fused-ring (bicyclic) bond motifs is 1. The van der Waals surface area contributed by atoms with Gasteiger partial charge in [0.25, 0.3) is 0 Å². The molecule has 0 unspecified atom stereocenters. The first-order valence-corrected chi connectivity index (χ1v) is 6.87. The summed E-state index contributed by atoms with van der Waals surface area (Å²) < 4.78 is 0. The lowest BCUT2D eigenvalue weighted by atomic mass is 10.3. The third kappa shape index (κ3) is 2.50. The number of thioether (sulfide) groups is 1. The zero-order valence-electron chi connectivity index (χ0n) is 9.56. The number of nitrogens with zero attached hydrogens (tertiary/aromatic N) is 1. The highest BCUT2D eigenvalue weighted by Crippen LogP contribution is 2.34. The maximum atomic E-state index is 5.43. The number of rotatable bonds is 1. The van der Waals surface area contributed by atoms with Gasteiger partial charge in [-0.15, -0.1) is 11.8 Å². The highest BCUT2D eigenvalue weighted by Gasteiger charge is 2.20. The number of hydrogen-bond donors (Lipinski definition) is 1. The summed E-state index contributed by atoms with van der Waals surface area (Å²) in [6.07, 6.45) is 0. The molecule has 0 atom stereocenters. The van der Waals surface area contributed by atoms with Gasteiger partial charge in [0.1, 0.15) is 0 Å². The van der Waals surface area contributed by atoms with E-state index in [4.69, 9.17) is 12.2 Å². The normalized spacial score (nSPS) is 14.8. The van der Waals surface area contributed by atoms with E-state index >= 15 is 0 Å². The molecule has 16 heavy (non-hydrogen) atoms. The van der Waals surface area contributed by atoms with Crippen LogP contribution in [0.3, 0.4) is 0 Å². The van der Waals surface area contributed by atoms with Gasteiger partial charge in [0.2, 0.25) is 0 Å². The van der Waals surface area contributed by atoms with Crippen LogP contribution in [-0.4, -0.2) is 23.5 Å². The van der Waals surface area contributed by atoms with Crippen molar-refractivity contribution in [3.63, 3.8) is 0 Å². The second-order valence-corrected chi connectivity index (χ2v) is 5.60. The summed E-state index contributed by atoms with van der Waals surface area (Å²) in [5, 5.41) is 4.14. The molecule has 0 amide bonds. The van der Waals surface area contributed by atoms with Crippen LogP contribution in [0.25, 0.3) is 0 Å². The van der Waals surface area contributed by atoms with Crippen molar-refractivity contribution in [1.82, 2.24) is 5.32 Å². The lowest BCUT2D eigenvalue weighted by Crippen LogP contribution is -2.45. The molecule has 1 aromatic rings. The molecule has 2 rings (SSSR count). The maximum Gasteiger partial charge on any atom is 0.173 e. The van der Waals surface area contributed by atoms with Crippen molar-refractivity contribution in [1.29, 1.82) is 0 Å². The third-order valence-electron chi connectivity index (χ3n) is 2.39. The minimum atomic E-state index is 0.384. The molecule has 0 saturated carbocycles. The molecular formula is C12H16N2S2. The zero-order valence-corrected chi connectivity index (χ0v) is 11.2. The Kier molecular flexibility index (Phi) is 3.71. The second kappa shape index (κ2) is 5.06. The molecule has 2 nitrogen and oxygen atoms in total. The minimum Gasteiger partial charge on any atom is -0.360 e. The molecule has 1 N–H and O–H groups in total. The molecule has 0 bridgehead atoms.